The maximum Gasteiger partial charge on any atom is 0.309 e. The summed E-state index contributed by atoms with van der Waals surface area (Å²) in [5, 5.41) is 2.69. The number of nitrogens with zero attached hydrogens (tertiary/aromatic N) is 1. The summed E-state index contributed by atoms with van der Waals surface area (Å²) in [6, 6.07) is 6.07. The first kappa shape index (κ1) is 11.7. The third-order valence-corrected chi connectivity index (χ3v) is 3.16. The predicted octanol–water partition coefficient (Wildman–Crippen LogP) is -0.0370. The van der Waals surface area contributed by atoms with Crippen molar-refractivity contribution in [1.29, 1.82) is 0 Å². The smallest absolute Gasteiger partial charge is 0.309 e. The fraction of sp³-hybridized carbons (Fsp3) is 0.417. The second-order valence-electron chi connectivity index (χ2n) is 4.27. The van der Waals surface area contributed by atoms with Gasteiger partial charge in [0.05, 0.1) is 0 Å². The van der Waals surface area contributed by atoms with E-state index in [1.807, 2.05) is 18.2 Å². The van der Waals surface area contributed by atoms with Crippen LogP contribution in [0, 0.1) is 0 Å². The predicted molar refractivity (Wildman–Crippen MR) is 68.2 cm³/mol. The standard InChI is InChI=1S/C12H17N4O/c13-6-9-5-11(1-2-12(9)14)16-4-3-10(7-16)15-8-17/h1-2,5,10H,3-4,6-7,13-14H2,(H,15,17). The maximum absolute atomic E-state index is 10.3. The first-order valence-corrected chi connectivity index (χ1v) is 5.70. The molecule has 1 atom stereocenters. The van der Waals surface area contributed by atoms with E-state index in [-0.39, 0.29) is 6.04 Å². The number of anilines is 2. The normalized spacial score (nSPS) is 19.4. The van der Waals surface area contributed by atoms with Gasteiger partial charge in [-0.25, -0.2) is 0 Å². The zero-order valence-electron chi connectivity index (χ0n) is 9.65. The molecule has 0 aromatic heterocycles. The molecule has 0 spiro atoms. The number of rotatable bonds is 4. The minimum atomic E-state index is 0.186. The van der Waals surface area contributed by atoms with Crippen LogP contribution < -0.4 is 21.7 Å². The SMILES string of the molecule is NCc1cc(N2CCC(N[C]=O)C2)ccc1N. The van der Waals surface area contributed by atoms with Gasteiger partial charge in [-0.15, -0.1) is 0 Å². The molecule has 0 aliphatic carbocycles. The molecule has 1 fully saturated rings. The largest absolute Gasteiger partial charge is 0.398 e. The van der Waals surface area contributed by atoms with E-state index in [0.717, 1.165) is 36.4 Å². The number of amides is 1. The van der Waals surface area contributed by atoms with Crippen molar-refractivity contribution in [3.63, 3.8) is 0 Å². The van der Waals surface area contributed by atoms with Crippen molar-refractivity contribution in [2.45, 2.75) is 19.0 Å². The Morgan fingerprint density at radius 1 is 1.53 bits per heavy atom. The Labute approximate surface area is 101 Å². The second-order valence-corrected chi connectivity index (χ2v) is 4.27. The molecule has 5 nitrogen and oxygen atoms in total. The molecule has 1 aromatic carbocycles. The molecular formula is C12H17N4O. The van der Waals surface area contributed by atoms with Crippen molar-refractivity contribution in [1.82, 2.24) is 5.32 Å². The minimum Gasteiger partial charge on any atom is -0.398 e. The molecule has 2 rings (SSSR count). The summed E-state index contributed by atoms with van der Waals surface area (Å²) in [6.45, 7) is 2.17. The van der Waals surface area contributed by atoms with Crippen LogP contribution in [0.3, 0.4) is 0 Å². The maximum atomic E-state index is 10.3. The molecule has 1 heterocycles. The molecule has 1 amide bonds. The molecule has 0 bridgehead atoms. The van der Waals surface area contributed by atoms with Gasteiger partial charge in [0.25, 0.3) is 0 Å². The number of benzene rings is 1. The lowest BCUT2D eigenvalue weighted by molar-refractivity contribution is 0.525. The molecule has 1 aliphatic rings. The highest BCUT2D eigenvalue weighted by molar-refractivity contribution is 5.59. The average Bonchev–Trinajstić information content (AvgIpc) is 2.79. The molecule has 5 N–H and O–H groups in total. The Morgan fingerprint density at radius 2 is 2.35 bits per heavy atom. The van der Waals surface area contributed by atoms with Gasteiger partial charge in [0, 0.05) is 37.1 Å². The summed E-state index contributed by atoms with van der Waals surface area (Å²) in [6.07, 6.45) is 2.69. The van der Waals surface area contributed by atoms with Crippen molar-refractivity contribution in [3.8, 4) is 0 Å². The fourth-order valence-electron chi connectivity index (χ4n) is 2.16. The Balaban J connectivity index is 2.10. The van der Waals surface area contributed by atoms with Crippen LogP contribution in [0.4, 0.5) is 11.4 Å². The van der Waals surface area contributed by atoms with Gasteiger partial charge < -0.3 is 21.7 Å². The highest BCUT2D eigenvalue weighted by Gasteiger charge is 2.22. The van der Waals surface area contributed by atoms with E-state index in [9.17, 15) is 4.79 Å². The minimum absolute atomic E-state index is 0.186. The van der Waals surface area contributed by atoms with E-state index < -0.39 is 0 Å². The van der Waals surface area contributed by atoms with Crippen molar-refractivity contribution < 1.29 is 4.79 Å². The Morgan fingerprint density at radius 3 is 3.06 bits per heavy atom. The quantitative estimate of drug-likeness (QED) is 0.503. The second kappa shape index (κ2) is 5.05. The van der Waals surface area contributed by atoms with Crippen molar-refractivity contribution in [3.05, 3.63) is 23.8 Å². The topological polar surface area (TPSA) is 84.4 Å². The first-order valence-electron chi connectivity index (χ1n) is 5.70. The Bertz CT molecular complexity index is 407. The van der Waals surface area contributed by atoms with Crippen LogP contribution in [0.15, 0.2) is 18.2 Å². The lowest BCUT2D eigenvalue weighted by Crippen LogP contribution is -2.31. The van der Waals surface area contributed by atoms with E-state index in [1.165, 1.54) is 0 Å². The molecule has 1 aromatic rings. The summed E-state index contributed by atoms with van der Waals surface area (Å²) >= 11 is 0. The zero-order valence-corrected chi connectivity index (χ0v) is 9.65. The molecule has 1 unspecified atom stereocenters. The summed E-state index contributed by atoms with van der Waals surface area (Å²) < 4.78 is 0. The lowest BCUT2D eigenvalue weighted by atomic mass is 10.1. The number of nitrogen functional groups attached to an aromatic ring is 1. The Hall–Kier alpha value is -1.75. The van der Waals surface area contributed by atoms with Gasteiger partial charge in [-0.3, -0.25) is 4.79 Å². The van der Waals surface area contributed by atoms with E-state index in [2.05, 4.69) is 10.2 Å². The van der Waals surface area contributed by atoms with Gasteiger partial charge in [0.2, 0.25) is 0 Å². The molecule has 91 valence electrons. The zero-order chi connectivity index (χ0) is 12.3. The Kier molecular flexibility index (Phi) is 3.49. The van der Waals surface area contributed by atoms with Crippen LogP contribution in [0.2, 0.25) is 0 Å². The van der Waals surface area contributed by atoms with E-state index in [4.69, 9.17) is 11.5 Å². The monoisotopic (exact) mass is 233 g/mol. The van der Waals surface area contributed by atoms with Crippen LogP contribution in [0.25, 0.3) is 0 Å². The molecule has 1 saturated heterocycles. The number of carbonyl (C=O) groups excluding carboxylic acids is 1. The van der Waals surface area contributed by atoms with E-state index in [0.29, 0.717) is 6.54 Å². The third kappa shape index (κ3) is 2.50. The van der Waals surface area contributed by atoms with Gasteiger partial charge in [-0.05, 0) is 30.2 Å². The average molecular weight is 233 g/mol. The number of hydrogen-bond donors (Lipinski definition) is 3. The van der Waals surface area contributed by atoms with Crippen LogP contribution in [0.1, 0.15) is 12.0 Å². The number of nitrogens with two attached hydrogens (primary N) is 2. The third-order valence-electron chi connectivity index (χ3n) is 3.16. The van der Waals surface area contributed by atoms with Crippen molar-refractivity contribution >= 4 is 17.8 Å². The van der Waals surface area contributed by atoms with E-state index in [1.54, 1.807) is 6.41 Å². The molecule has 17 heavy (non-hydrogen) atoms. The highest BCUT2D eigenvalue weighted by atomic mass is 16.1. The molecule has 0 saturated carbocycles. The van der Waals surface area contributed by atoms with Crippen LogP contribution >= 0.6 is 0 Å². The molecular weight excluding hydrogens is 216 g/mol. The lowest BCUT2D eigenvalue weighted by Gasteiger charge is -2.19. The molecule has 5 heteroatoms. The molecule has 1 aliphatic heterocycles. The highest BCUT2D eigenvalue weighted by Crippen LogP contribution is 2.24. The van der Waals surface area contributed by atoms with Crippen LogP contribution in [-0.4, -0.2) is 25.5 Å². The number of hydrogen-bond acceptors (Lipinski definition) is 4. The van der Waals surface area contributed by atoms with E-state index >= 15 is 0 Å². The number of nitrogens with one attached hydrogen (secondary N) is 1. The summed E-state index contributed by atoms with van der Waals surface area (Å²) in [4.78, 5) is 12.5. The van der Waals surface area contributed by atoms with Crippen LogP contribution in [0.5, 0.6) is 0 Å². The van der Waals surface area contributed by atoms with Gasteiger partial charge in [0.1, 0.15) is 0 Å². The van der Waals surface area contributed by atoms with Gasteiger partial charge >= 0.3 is 6.41 Å². The van der Waals surface area contributed by atoms with Crippen molar-refractivity contribution in [2.24, 2.45) is 5.73 Å². The van der Waals surface area contributed by atoms with Gasteiger partial charge in [-0.2, -0.15) is 0 Å². The fourth-order valence-corrected chi connectivity index (χ4v) is 2.16. The summed E-state index contributed by atoms with van der Waals surface area (Å²) in [5.74, 6) is 0. The summed E-state index contributed by atoms with van der Waals surface area (Å²) in [5.41, 5.74) is 14.2. The first-order chi connectivity index (χ1) is 8.24. The molecule has 1 radical (unpaired) electrons. The van der Waals surface area contributed by atoms with Crippen LogP contribution in [-0.2, 0) is 11.3 Å². The summed E-state index contributed by atoms with van der Waals surface area (Å²) in [7, 11) is 0. The van der Waals surface area contributed by atoms with Gasteiger partial charge in [-0.1, -0.05) is 0 Å². The van der Waals surface area contributed by atoms with Gasteiger partial charge in [0.15, 0.2) is 0 Å². The van der Waals surface area contributed by atoms with Crippen molar-refractivity contribution in [2.75, 3.05) is 23.7 Å².